The van der Waals surface area contributed by atoms with E-state index in [4.69, 9.17) is 16.3 Å². The molecule has 2 rings (SSSR count). The lowest BCUT2D eigenvalue weighted by atomic mass is 10.1. The summed E-state index contributed by atoms with van der Waals surface area (Å²) in [6.45, 7) is 3.04. The van der Waals surface area contributed by atoms with Crippen LogP contribution in [0, 0.1) is 28.1 Å². The van der Waals surface area contributed by atoms with Crippen molar-refractivity contribution in [1.82, 2.24) is 0 Å². The van der Waals surface area contributed by atoms with Crippen LogP contribution in [0.5, 0.6) is 0 Å². The van der Waals surface area contributed by atoms with Gasteiger partial charge in [-0.25, -0.2) is 0 Å². The van der Waals surface area contributed by atoms with Gasteiger partial charge in [0, 0.05) is 6.54 Å². The molecule has 82 valence electrons. The van der Waals surface area contributed by atoms with Crippen molar-refractivity contribution < 1.29 is 0 Å². The number of nitrogen functional groups attached to an aromatic ring is 1. The Labute approximate surface area is 98.3 Å². The van der Waals surface area contributed by atoms with Crippen molar-refractivity contribution in [2.24, 2.45) is 5.41 Å². The number of nitrogens with one attached hydrogen (secondary N) is 1. The zero-order chi connectivity index (χ0) is 11.8. The third-order valence-corrected chi connectivity index (χ3v) is 4.01. The topological polar surface area (TPSA) is 85.6 Å². The van der Waals surface area contributed by atoms with E-state index < -0.39 is 0 Å². The van der Waals surface area contributed by atoms with E-state index in [0.29, 0.717) is 21.5 Å². The van der Waals surface area contributed by atoms with E-state index in [9.17, 15) is 0 Å². The first kappa shape index (κ1) is 10.8. The van der Waals surface area contributed by atoms with Crippen LogP contribution < -0.4 is 11.1 Å². The molecule has 0 bridgehead atoms. The average molecular weight is 232 g/mol. The fourth-order valence-corrected chi connectivity index (χ4v) is 2.31. The average Bonchev–Trinajstić information content (AvgIpc) is 2.91. The number of anilines is 2. The summed E-state index contributed by atoms with van der Waals surface area (Å²) in [6, 6.07) is 4.05. The molecule has 0 unspecified atom stereocenters. The lowest BCUT2D eigenvalue weighted by Gasteiger charge is -2.09. The molecule has 1 aromatic rings. The molecule has 16 heavy (non-hydrogen) atoms. The second-order valence-corrected chi connectivity index (χ2v) is 5.46. The highest BCUT2D eigenvalue weighted by Gasteiger charge is 2.37. The minimum atomic E-state index is 0.304. The third-order valence-electron chi connectivity index (χ3n) is 2.94. The van der Waals surface area contributed by atoms with Crippen LogP contribution in [0.15, 0.2) is 0 Å². The van der Waals surface area contributed by atoms with E-state index >= 15 is 0 Å². The third kappa shape index (κ3) is 1.82. The highest BCUT2D eigenvalue weighted by atomic mass is 32.1. The second-order valence-electron chi connectivity index (χ2n) is 4.44. The molecule has 5 heteroatoms. The zero-order valence-electron chi connectivity index (χ0n) is 9.00. The maximum absolute atomic E-state index is 8.98. The van der Waals surface area contributed by atoms with Crippen LogP contribution in [0.3, 0.4) is 0 Å². The van der Waals surface area contributed by atoms with Crippen LogP contribution in [0.25, 0.3) is 0 Å². The normalized spacial score (nSPS) is 16.2. The lowest BCUT2D eigenvalue weighted by Crippen LogP contribution is -2.11. The summed E-state index contributed by atoms with van der Waals surface area (Å²) in [7, 11) is 0. The number of hydrogen-bond donors (Lipinski definition) is 2. The van der Waals surface area contributed by atoms with Crippen molar-refractivity contribution in [3.05, 3.63) is 10.4 Å². The van der Waals surface area contributed by atoms with Gasteiger partial charge in [0.1, 0.15) is 27.6 Å². The van der Waals surface area contributed by atoms with E-state index in [-0.39, 0.29) is 0 Å². The van der Waals surface area contributed by atoms with E-state index in [1.165, 1.54) is 24.2 Å². The largest absolute Gasteiger partial charge is 0.396 e. The monoisotopic (exact) mass is 232 g/mol. The fraction of sp³-hybridized carbons (Fsp3) is 0.455. The minimum Gasteiger partial charge on any atom is -0.396 e. The standard InChI is InChI=1S/C11H12N4S/c1-11(2-3-11)6-15-10-7(4-12)9(14)8(5-13)16-10/h15H,2-3,6,14H2,1H3. The van der Waals surface area contributed by atoms with E-state index in [0.717, 1.165) is 11.5 Å². The number of nitrogens with zero attached hydrogens (tertiary/aromatic N) is 2. The molecule has 1 aliphatic rings. The van der Waals surface area contributed by atoms with Crippen molar-refractivity contribution in [2.75, 3.05) is 17.6 Å². The van der Waals surface area contributed by atoms with Crippen LogP contribution in [-0.4, -0.2) is 6.54 Å². The lowest BCUT2D eigenvalue weighted by molar-refractivity contribution is 0.611. The molecular weight excluding hydrogens is 220 g/mol. The van der Waals surface area contributed by atoms with Gasteiger partial charge in [-0.1, -0.05) is 6.92 Å². The van der Waals surface area contributed by atoms with Crippen LogP contribution in [-0.2, 0) is 0 Å². The zero-order valence-corrected chi connectivity index (χ0v) is 9.82. The summed E-state index contributed by atoms with van der Waals surface area (Å²) < 4.78 is 0. The van der Waals surface area contributed by atoms with E-state index in [1.54, 1.807) is 0 Å². The number of hydrogen-bond acceptors (Lipinski definition) is 5. The van der Waals surface area contributed by atoms with Crippen molar-refractivity contribution >= 4 is 22.0 Å². The Bertz CT molecular complexity index is 499. The predicted octanol–water partition coefficient (Wildman–Crippen LogP) is 2.29. The van der Waals surface area contributed by atoms with Crippen LogP contribution in [0.2, 0.25) is 0 Å². The van der Waals surface area contributed by atoms with Crippen LogP contribution in [0.1, 0.15) is 30.2 Å². The van der Waals surface area contributed by atoms with Crippen molar-refractivity contribution in [2.45, 2.75) is 19.8 Å². The van der Waals surface area contributed by atoms with E-state index in [2.05, 4.69) is 12.2 Å². The van der Waals surface area contributed by atoms with Gasteiger partial charge in [0.15, 0.2) is 0 Å². The summed E-state index contributed by atoms with van der Waals surface area (Å²) in [5.74, 6) is 0. The highest BCUT2D eigenvalue weighted by molar-refractivity contribution is 7.17. The molecule has 0 aromatic carbocycles. The Kier molecular flexibility index (Phi) is 2.49. The minimum absolute atomic E-state index is 0.304. The summed E-state index contributed by atoms with van der Waals surface area (Å²) in [5, 5.41) is 21.8. The molecule has 0 amide bonds. The molecule has 0 atom stereocenters. The highest BCUT2D eigenvalue weighted by Crippen LogP contribution is 2.45. The van der Waals surface area contributed by atoms with Crippen molar-refractivity contribution in [1.29, 1.82) is 10.5 Å². The number of rotatable bonds is 3. The number of nitrogens with two attached hydrogens (primary N) is 1. The number of nitriles is 2. The fourth-order valence-electron chi connectivity index (χ4n) is 1.45. The molecule has 1 aromatic heterocycles. The molecular formula is C11H12N4S. The second kappa shape index (κ2) is 3.70. The Hall–Kier alpha value is -1.72. The van der Waals surface area contributed by atoms with Gasteiger partial charge >= 0.3 is 0 Å². The molecule has 0 saturated heterocycles. The van der Waals surface area contributed by atoms with E-state index in [1.807, 2.05) is 12.1 Å². The maximum atomic E-state index is 8.98. The Morgan fingerprint density at radius 3 is 2.62 bits per heavy atom. The smallest absolute Gasteiger partial charge is 0.131 e. The molecule has 1 heterocycles. The Balaban J connectivity index is 2.20. The van der Waals surface area contributed by atoms with Crippen molar-refractivity contribution in [3.63, 3.8) is 0 Å². The van der Waals surface area contributed by atoms with Gasteiger partial charge in [-0.05, 0) is 18.3 Å². The number of thiophene rings is 1. The van der Waals surface area contributed by atoms with Crippen LogP contribution in [0.4, 0.5) is 10.7 Å². The van der Waals surface area contributed by atoms with Gasteiger partial charge in [0.2, 0.25) is 0 Å². The van der Waals surface area contributed by atoms with Gasteiger partial charge in [-0.3, -0.25) is 0 Å². The molecule has 3 N–H and O–H groups in total. The molecule has 0 spiro atoms. The van der Waals surface area contributed by atoms with Crippen LogP contribution >= 0.6 is 11.3 Å². The molecule has 1 saturated carbocycles. The Morgan fingerprint density at radius 2 is 2.12 bits per heavy atom. The van der Waals surface area contributed by atoms with Gasteiger partial charge in [0.25, 0.3) is 0 Å². The summed E-state index contributed by atoms with van der Waals surface area (Å²) in [4.78, 5) is 0.417. The molecule has 4 nitrogen and oxygen atoms in total. The summed E-state index contributed by atoms with van der Waals surface area (Å²) in [6.07, 6.45) is 2.43. The Morgan fingerprint density at radius 1 is 1.44 bits per heavy atom. The maximum Gasteiger partial charge on any atom is 0.131 e. The molecule has 0 radical (unpaired) electrons. The predicted molar refractivity (Wildman–Crippen MR) is 64.0 cm³/mol. The summed E-state index contributed by atoms with van der Waals surface area (Å²) >= 11 is 1.26. The first-order valence-corrected chi connectivity index (χ1v) is 5.87. The first-order valence-electron chi connectivity index (χ1n) is 5.06. The van der Waals surface area contributed by atoms with Gasteiger partial charge in [-0.2, -0.15) is 10.5 Å². The quantitative estimate of drug-likeness (QED) is 0.837. The van der Waals surface area contributed by atoms with Crippen molar-refractivity contribution in [3.8, 4) is 12.1 Å². The first-order chi connectivity index (χ1) is 7.59. The molecule has 1 aliphatic carbocycles. The van der Waals surface area contributed by atoms with Gasteiger partial charge in [-0.15, -0.1) is 11.3 Å². The molecule has 1 fully saturated rings. The summed E-state index contributed by atoms with van der Waals surface area (Å²) in [5.41, 5.74) is 6.78. The SMILES string of the molecule is CC1(CNc2sc(C#N)c(N)c2C#N)CC1. The van der Waals surface area contributed by atoms with Gasteiger partial charge < -0.3 is 11.1 Å². The molecule has 0 aliphatic heterocycles. The van der Waals surface area contributed by atoms with Gasteiger partial charge in [0.05, 0.1) is 5.69 Å².